The van der Waals surface area contributed by atoms with E-state index in [2.05, 4.69) is 10.6 Å². The average Bonchev–Trinajstić information content (AvgIpc) is 2.98. The average molecular weight is 683 g/mol. The van der Waals surface area contributed by atoms with Crippen LogP contribution in [0.2, 0.25) is 0 Å². The van der Waals surface area contributed by atoms with E-state index in [4.69, 9.17) is 19.9 Å². The summed E-state index contributed by atoms with van der Waals surface area (Å²) in [5.41, 5.74) is 3.11. The van der Waals surface area contributed by atoms with Crippen LogP contribution in [-0.2, 0) is 38.2 Å². The predicted molar refractivity (Wildman–Crippen MR) is 154 cm³/mol. The minimum absolute atomic E-state index is 0.630. The molecule has 0 bridgehead atoms. The number of aliphatic hydroxyl groups is 6. The Hall–Kier alpha value is -3.05. The van der Waals surface area contributed by atoms with Crippen LogP contribution < -0.4 is 16.4 Å². The second-order valence-electron chi connectivity index (χ2n) is 11.7. The topological polar surface area (TPSA) is 328 Å². The molecule has 0 saturated carbocycles. The molecule has 12 N–H and O–H groups in total. The van der Waals surface area contributed by atoms with Crippen LogP contribution in [0.5, 0.6) is 0 Å². The third-order valence-corrected chi connectivity index (χ3v) is 8.07. The van der Waals surface area contributed by atoms with E-state index in [-0.39, 0.29) is 0 Å². The Morgan fingerprint density at radius 1 is 0.872 bits per heavy atom. The highest BCUT2D eigenvalue weighted by Crippen LogP contribution is 2.37. The standard InChI is InChI=1S/C27H46N4O16/c1-10(45-22-18(30-13(4)35)25(42)47-15(9-33)20(22)39)7-31(24(41)11(2)28)27(26(43)44,6-5-16(36)37)23-17(29-12(3)34)21(40)19(38)14(8-32)46-23/h10-11,14-15,17-23,25,32-33,38-40,42H,5-9,28H2,1-4H3,(H,29,34)(H,30,35)(H,36,37)(H,43,44)/t10?,11-,14+,15+,17+,18+,19+,20+,21+,22+,23?,25-,27-/m0/s1. The number of nitrogens with two attached hydrogens (primary N) is 1. The molecule has 20 heteroatoms. The number of nitrogens with zero attached hydrogens (tertiary/aromatic N) is 1. The van der Waals surface area contributed by atoms with Gasteiger partial charge in [0, 0.05) is 26.8 Å². The molecule has 2 saturated heterocycles. The van der Waals surface area contributed by atoms with Gasteiger partial charge in [-0.05, 0) is 20.3 Å². The van der Waals surface area contributed by atoms with E-state index in [9.17, 15) is 64.8 Å². The highest BCUT2D eigenvalue weighted by molar-refractivity contribution is 5.91. The summed E-state index contributed by atoms with van der Waals surface area (Å²) in [5.74, 6) is -5.98. The summed E-state index contributed by atoms with van der Waals surface area (Å²) < 4.78 is 16.9. The molecule has 2 aliphatic heterocycles. The van der Waals surface area contributed by atoms with Gasteiger partial charge < -0.3 is 76.3 Å². The van der Waals surface area contributed by atoms with Crippen LogP contribution in [0.15, 0.2) is 0 Å². The van der Waals surface area contributed by atoms with Gasteiger partial charge in [0.2, 0.25) is 17.7 Å². The lowest BCUT2D eigenvalue weighted by atomic mass is 9.76. The number of carbonyl (C=O) groups is 5. The number of nitrogens with one attached hydrogen (secondary N) is 2. The van der Waals surface area contributed by atoms with Gasteiger partial charge in [0.25, 0.3) is 0 Å². The van der Waals surface area contributed by atoms with Crippen molar-refractivity contribution in [3.05, 3.63) is 0 Å². The van der Waals surface area contributed by atoms with Crippen molar-refractivity contribution < 1.29 is 79.0 Å². The maximum atomic E-state index is 13.8. The zero-order valence-electron chi connectivity index (χ0n) is 26.3. The molecule has 2 rings (SSSR count). The van der Waals surface area contributed by atoms with E-state index >= 15 is 0 Å². The van der Waals surface area contributed by atoms with Gasteiger partial charge in [-0.15, -0.1) is 0 Å². The molecule has 3 amide bonds. The smallest absolute Gasteiger partial charge is 0.332 e. The summed E-state index contributed by atoms with van der Waals surface area (Å²) >= 11 is 0. The number of carboxylic acids is 2. The van der Waals surface area contributed by atoms with Crippen molar-refractivity contribution in [2.75, 3.05) is 19.8 Å². The van der Waals surface area contributed by atoms with Crippen LogP contribution in [0.1, 0.15) is 40.5 Å². The van der Waals surface area contributed by atoms with Crippen molar-refractivity contribution in [1.82, 2.24) is 15.5 Å². The Labute approximate surface area is 269 Å². The Morgan fingerprint density at radius 3 is 1.87 bits per heavy atom. The number of ether oxygens (including phenoxy) is 3. The summed E-state index contributed by atoms with van der Waals surface area (Å²) in [6.07, 6.45) is -17.0. The lowest BCUT2D eigenvalue weighted by Gasteiger charge is -2.53. The van der Waals surface area contributed by atoms with Crippen LogP contribution in [0, 0.1) is 0 Å². The summed E-state index contributed by atoms with van der Waals surface area (Å²) in [6, 6.07) is -4.65. The molecule has 0 spiro atoms. The largest absolute Gasteiger partial charge is 0.481 e. The summed E-state index contributed by atoms with van der Waals surface area (Å²) in [7, 11) is 0. The van der Waals surface area contributed by atoms with Crippen molar-refractivity contribution in [2.45, 2.75) is 119 Å². The number of carbonyl (C=O) groups excluding carboxylic acids is 3. The second kappa shape index (κ2) is 16.9. The van der Waals surface area contributed by atoms with Crippen LogP contribution in [0.3, 0.4) is 0 Å². The SMILES string of the molecule is CC(=O)N[C@@H]1[C@@H](OC(C)CN(C(=O)[C@H](C)N)[C@](CCC(=O)O)(C(=O)O)C2O[C@H](CO)[C@@H](O)[C@H](O)[C@H]2NC(C)=O)[C@H](O)[C@@H](CO)O[C@@H]1O. The van der Waals surface area contributed by atoms with E-state index in [1.165, 1.54) is 13.8 Å². The number of hydrogen-bond donors (Lipinski definition) is 11. The highest BCUT2D eigenvalue weighted by Gasteiger charge is 2.61. The molecule has 47 heavy (non-hydrogen) atoms. The van der Waals surface area contributed by atoms with Gasteiger partial charge in [0.05, 0.1) is 31.4 Å². The van der Waals surface area contributed by atoms with Gasteiger partial charge in [-0.25, -0.2) is 4.79 Å². The van der Waals surface area contributed by atoms with E-state index in [1.807, 2.05) is 0 Å². The van der Waals surface area contributed by atoms with Crippen molar-refractivity contribution in [1.29, 1.82) is 0 Å². The summed E-state index contributed by atoms with van der Waals surface area (Å²) in [6.45, 7) is 2.12. The molecular formula is C27H46N4O16. The number of rotatable bonds is 15. The molecule has 0 aliphatic carbocycles. The maximum Gasteiger partial charge on any atom is 0.332 e. The van der Waals surface area contributed by atoms with E-state index in [0.29, 0.717) is 4.90 Å². The fourth-order valence-corrected chi connectivity index (χ4v) is 5.89. The van der Waals surface area contributed by atoms with Crippen molar-refractivity contribution >= 4 is 29.7 Å². The number of hydrogen-bond acceptors (Lipinski definition) is 15. The molecule has 0 aromatic rings. The van der Waals surface area contributed by atoms with Gasteiger partial charge in [-0.1, -0.05) is 0 Å². The summed E-state index contributed by atoms with van der Waals surface area (Å²) in [5, 5.41) is 87.5. The Balaban J connectivity index is 2.74. The van der Waals surface area contributed by atoms with Crippen LogP contribution in [-0.4, -0.2) is 174 Å². The quantitative estimate of drug-likeness (QED) is 0.0766. The molecule has 270 valence electrons. The molecule has 2 unspecified atom stereocenters. The second-order valence-corrected chi connectivity index (χ2v) is 11.7. The normalized spacial score (nSPS) is 33.5. The van der Waals surface area contributed by atoms with E-state index < -0.39 is 141 Å². The zero-order valence-corrected chi connectivity index (χ0v) is 26.3. The number of amides is 3. The maximum absolute atomic E-state index is 13.8. The fourth-order valence-electron chi connectivity index (χ4n) is 5.89. The van der Waals surface area contributed by atoms with Gasteiger partial charge in [-0.3, -0.25) is 19.2 Å². The number of aliphatic hydroxyl groups excluding tert-OH is 6. The lowest BCUT2D eigenvalue weighted by molar-refractivity contribution is -0.269. The molecule has 2 heterocycles. The highest BCUT2D eigenvalue weighted by atomic mass is 16.6. The first kappa shape index (κ1) is 40.1. The van der Waals surface area contributed by atoms with Gasteiger partial charge >= 0.3 is 11.9 Å². The molecule has 0 radical (unpaired) electrons. The third kappa shape index (κ3) is 9.10. The monoisotopic (exact) mass is 682 g/mol. The van der Waals surface area contributed by atoms with E-state index in [0.717, 1.165) is 13.8 Å². The first-order valence-electron chi connectivity index (χ1n) is 14.8. The Kier molecular flexibility index (Phi) is 14.4. The number of carboxylic acid groups (broad SMARTS) is 2. The minimum atomic E-state index is -2.79. The first-order valence-corrected chi connectivity index (χ1v) is 14.8. The van der Waals surface area contributed by atoms with Crippen molar-refractivity contribution in [2.24, 2.45) is 5.73 Å². The molecule has 2 fully saturated rings. The molecular weight excluding hydrogens is 636 g/mol. The molecule has 0 aromatic carbocycles. The fraction of sp³-hybridized carbons (Fsp3) is 0.815. The lowest BCUT2D eigenvalue weighted by Crippen LogP contribution is -2.76. The van der Waals surface area contributed by atoms with Crippen LogP contribution >= 0.6 is 0 Å². The molecule has 0 aromatic heterocycles. The third-order valence-electron chi connectivity index (χ3n) is 8.07. The zero-order chi connectivity index (χ0) is 36.0. The van der Waals surface area contributed by atoms with Crippen molar-refractivity contribution in [3.63, 3.8) is 0 Å². The molecule has 20 nitrogen and oxygen atoms in total. The summed E-state index contributed by atoms with van der Waals surface area (Å²) in [4.78, 5) is 63.7. The van der Waals surface area contributed by atoms with Crippen LogP contribution in [0.25, 0.3) is 0 Å². The van der Waals surface area contributed by atoms with Crippen molar-refractivity contribution in [3.8, 4) is 0 Å². The number of aliphatic carboxylic acids is 2. The van der Waals surface area contributed by atoms with Gasteiger partial charge in [0.1, 0.15) is 48.8 Å². The first-order chi connectivity index (χ1) is 21.8. The van der Waals surface area contributed by atoms with Gasteiger partial charge in [-0.2, -0.15) is 0 Å². The van der Waals surface area contributed by atoms with E-state index in [1.54, 1.807) is 0 Å². The predicted octanol–water partition coefficient (Wildman–Crippen LogP) is -5.81. The van der Waals surface area contributed by atoms with Gasteiger partial charge in [0.15, 0.2) is 11.8 Å². The minimum Gasteiger partial charge on any atom is -0.481 e. The molecule has 2 aliphatic rings. The Bertz CT molecular complexity index is 1130. The van der Waals surface area contributed by atoms with Crippen LogP contribution in [0.4, 0.5) is 0 Å². The molecule has 13 atom stereocenters. The Morgan fingerprint density at radius 2 is 1.40 bits per heavy atom.